The summed E-state index contributed by atoms with van der Waals surface area (Å²) in [5.74, 6) is 1.66. The van der Waals surface area contributed by atoms with Crippen LogP contribution in [0.2, 0.25) is 0 Å². The molecule has 3 unspecified atom stereocenters. The minimum absolute atomic E-state index is 0.436. The highest BCUT2D eigenvalue weighted by molar-refractivity contribution is 5.62. The number of benzene rings is 1. The van der Waals surface area contributed by atoms with Crippen molar-refractivity contribution in [3.05, 3.63) is 124 Å². The molecule has 1 heterocycles. The first kappa shape index (κ1) is 23.7. The standard InChI is InChI=1S/C34H39N/c1-6-8-10-27(7-2)30-17-19-32(20-18-30)35-25(5)23(3)33-22-26-13-14-28-11-9-12-29(24(28)4)15-16-31(21-26)34(33)35/h6-12,15-17,19-21,23,25,30,33H,1,13-14,18,22H2,2-5H3/b10-8-,16-15-,27-7+/t23?,25-,30?,33?/m0/s1. The number of allylic oxidation sites excluding steroid dienone is 13. The molecule has 1 aromatic rings. The summed E-state index contributed by atoms with van der Waals surface area (Å²) in [7, 11) is 0. The summed E-state index contributed by atoms with van der Waals surface area (Å²) in [6.45, 7) is 13.1. The summed E-state index contributed by atoms with van der Waals surface area (Å²) in [5.41, 5.74) is 11.6. The molecule has 0 N–H and O–H groups in total. The zero-order valence-corrected chi connectivity index (χ0v) is 21.8. The fraction of sp³-hybridized carbons (Fsp3) is 0.353. The Morgan fingerprint density at radius 3 is 2.71 bits per heavy atom. The summed E-state index contributed by atoms with van der Waals surface area (Å²) in [6, 6.07) is 7.28. The summed E-state index contributed by atoms with van der Waals surface area (Å²) in [5, 5.41) is 0. The van der Waals surface area contributed by atoms with Gasteiger partial charge in [0.15, 0.2) is 0 Å². The Labute approximate surface area is 212 Å². The van der Waals surface area contributed by atoms with Crippen LogP contribution < -0.4 is 0 Å². The smallest absolute Gasteiger partial charge is 0.0368 e. The maximum absolute atomic E-state index is 3.83. The van der Waals surface area contributed by atoms with Crippen molar-refractivity contribution in [1.82, 2.24) is 4.90 Å². The molecule has 1 aromatic carbocycles. The van der Waals surface area contributed by atoms with Crippen molar-refractivity contribution in [3.63, 3.8) is 0 Å². The van der Waals surface area contributed by atoms with Crippen molar-refractivity contribution < 1.29 is 0 Å². The molecule has 0 spiro atoms. The van der Waals surface area contributed by atoms with Crippen molar-refractivity contribution in [1.29, 1.82) is 0 Å². The Morgan fingerprint density at radius 2 is 1.97 bits per heavy atom. The Balaban J connectivity index is 1.52. The van der Waals surface area contributed by atoms with Gasteiger partial charge in [-0.05, 0) is 86.3 Å². The Morgan fingerprint density at radius 1 is 1.11 bits per heavy atom. The molecule has 4 bridgehead atoms. The van der Waals surface area contributed by atoms with Crippen LogP contribution in [0.4, 0.5) is 0 Å². The number of rotatable bonds is 4. The van der Waals surface area contributed by atoms with Gasteiger partial charge in [0.05, 0.1) is 0 Å². The lowest BCUT2D eigenvalue weighted by molar-refractivity contribution is 0.330. The zero-order valence-electron chi connectivity index (χ0n) is 21.8. The van der Waals surface area contributed by atoms with E-state index in [0.717, 1.165) is 12.8 Å². The SMILES string of the molecule is C=C/C=C\C(=C/C)C1C=CC(N2C3=C4C=C(CCc5cccc(c5C)/C=C\4)CC3C(C)[C@@H]2C)=CC1. The first-order valence-corrected chi connectivity index (χ1v) is 13.3. The monoisotopic (exact) mass is 461 g/mol. The van der Waals surface area contributed by atoms with Crippen LogP contribution in [-0.4, -0.2) is 10.9 Å². The van der Waals surface area contributed by atoms with Gasteiger partial charge in [-0.1, -0.05) is 92.0 Å². The lowest BCUT2D eigenvalue weighted by atomic mass is 9.79. The number of aryl methyl sites for hydroxylation is 1. The third-order valence-corrected chi connectivity index (χ3v) is 8.74. The molecule has 4 aliphatic rings. The zero-order chi connectivity index (χ0) is 24.5. The summed E-state index contributed by atoms with van der Waals surface area (Å²) < 4.78 is 0. The van der Waals surface area contributed by atoms with E-state index in [1.807, 2.05) is 12.2 Å². The van der Waals surface area contributed by atoms with Gasteiger partial charge in [0.1, 0.15) is 0 Å². The number of likely N-dealkylation sites (tertiary alicyclic amines) is 1. The molecule has 4 atom stereocenters. The number of hydrogen-bond acceptors (Lipinski definition) is 1. The van der Waals surface area contributed by atoms with Crippen molar-refractivity contribution in [2.75, 3.05) is 0 Å². The molecule has 0 saturated carbocycles. The van der Waals surface area contributed by atoms with Crippen LogP contribution in [0.5, 0.6) is 0 Å². The second-order valence-corrected chi connectivity index (χ2v) is 10.6. The highest BCUT2D eigenvalue weighted by Gasteiger charge is 2.44. The summed E-state index contributed by atoms with van der Waals surface area (Å²) in [6.07, 6.45) is 27.3. The second kappa shape index (κ2) is 9.90. The number of hydrogen-bond donors (Lipinski definition) is 0. The maximum atomic E-state index is 3.83. The highest BCUT2D eigenvalue weighted by Crippen LogP contribution is 2.49. The number of nitrogens with zero attached hydrogens (tertiary/aromatic N) is 1. The van der Waals surface area contributed by atoms with Gasteiger partial charge in [0.2, 0.25) is 0 Å². The van der Waals surface area contributed by atoms with Gasteiger partial charge < -0.3 is 4.90 Å². The molecule has 1 heteroatoms. The van der Waals surface area contributed by atoms with E-state index < -0.39 is 0 Å². The Bertz CT molecular complexity index is 1230. The van der Waals surface area contributed by atoms with E-state index in [1.54, 1.807) is 5.57 Å². The molecule has 180 valence electrons. The van der Waals surface area contributed by atoms with E-state index in [4.69, 9.17) is 0 Å². The number of fused-ring (bicyclic) bond motifs is 4. The van der Waals surface area contributed by atoms with Crippen LogP contribution in [0.25, 0.3) is 6.08 Å². The van der Waals surface area contributed by atoms with Gasteiger partial charge in [-0.15, -0.1) is 0 Å². The summed E-state index contributed by atoms with van der Waals surface area (Å²) >= 11 is 0. The van der Waals surface area contributed by atoms with E-state index in [1.165, 1.54) is 52.1 Å². The van der Waals surface area contributed by atoms with Gasteiger partial charge in [-0.25, -0.2) is 0 Å². The highest BCUT2D eigenvalue weighted by atomic mass is 15.2. The molecule has 1 aliphatic heterocycles. The van der Waals surface area contributed by atoms with E-state index in [2.05, 4.69) is 106 Å². The second-order valence-electron chi connectivity index (χ2n) is 10.6. The average Bonchev–Trinajstić information content (AvgIpc) is 3.13. The minimum Gasteiger partial charge on any atom is -0.341 e. The van der Waals surface area contributed by atoms with E-state index >= 15 is 0 Å². The largest absolute Gasteiger partial charge is 0.341 e. The Hall–Kier alpha value is -3.06. The lowest BCUT2D eigenvalue weighted by Gasteiger charge is -2.33. The van der Waals surface area contributed by atoms with Crippen LogP contribution in [0.3, 0.4) is 0 Å². The molecule has 35 heavy (non-hydrogen) atoms. The van der Waals surface area contributed by atoms with Crippen LogP contribution in [-0.2, 0) is 6.42 Å². The van der Waals surface area contributed by atoms with Crippen molar-refractivity contribution in [2.45, 2.75) is 59.4 Å². The predicted octanol–water partition coefficient (Wildman–Crippen LogP) is 8.64. The van der Waals surface area contributed by atoms with Gasteiger partial charge in [-0.3, -0.25) is 0 Å². The molecular weight excluding hydrogens is 422 g/mol. The van der Waals surface area contributed by atoms with E-state index in [9.17, 15) is 0 Å². The molecule has 0 aromatic heterocycles. The predicted molar refractivity (Wildman–Crippen MR) is 151 cm³/mol. The van der Waals surface area contributed by atoms with Crippen molar-refractivity contribution in [2.24, 2.45) is 17.8 Å². The first-order chi connectivity index (χ1) is 17.0. The van der Waals surface area contributed by atoms with Gasteiger partial charge in [-0.2, -0.15) is 0 Å². The lowest BCUT2D eigenvalue weighted by Crippen LogP contribution is -2.28. The first-order valence-electron chi connectivity index (χ1n) is 13.3. The maximum Gasteiger partial charge on any atom is 0.0368 e. The average molecular weight is 462 g/mol. The van der Waals surface area contributed by atoms with Crippen LogP contribution in [0, 0.1) is 24.7 Å². The molecule has 0 amide bonds. The third kappa shape index (κ3) is 4.38. The molecular formula is C34H39N. The van der Waals surface area contributed by atoms with Crippen molar-refractivity contribution >= 4 is 6.08 Å². The van der Waals surface area contributed by atoms with E-state index in [-0.39, 0.29) is 0 Å². The molecule has 0 radical (unpaired) electrons. The molecule has 1 saturated heterocycles. The quantitative estimate of drug-likeness (QED) is 0.406. The van der Waals surface area contributed by atoms with Crippen molar-refractivity contribution in [3.8, 4) is 0 Å². The molecule has 5 rings (SSSR count). The summed E-state index contributed by atoms with van der Waals surface area (Å²) in [4.78, 5) is 2.67. The van der Waals surface area contributed by atoms with E-state index in [0.29, 0.717) is 23.8 Å². The molecule has 1 nitrogen and oxygen atoms in total. The van der Waals surface area contributed by atoms with Crippen LogP contribution in [0.15, 0.2) is 108 Å². The van der Waals surface area contributed by atoms with Gasteiger partial charge in [0.25, 0.3) is 0 Å². The van der Waals surface area contributed by atoms with Crippen LogP contribution in [0.1, 0.15) is 56.7 Å². The topological polar surface area (TPSA) is 3.24 Å². The molecule has 1 fully saturated rings. The fourth-order valence-corrected chi connectivity index (χ4v) is 6.45. The normalized spacial score (nSPS) is 29.1. The Kier molecular flexibility index (Phi) is 6.69. The van der Waals surface area contributed by atoms with Gasteiger partial charge in [0, 0.05) is 29.3 Å². The minimum atomic E-state index is 0.436. The molecule has 3 aliphatic carbocycles. The van der Waals surface area contributed by atoms with Gasteiger partial charge >= 0.3 is 0 Å². The fourth-order valence-electron chi connectivity index (χ4n) is 6.45. The van der Waals surface area contributed by atoms with Crippen LogP contribution >= 0.6 is 0 Å². The third-order valence-electron chi connectivity index (χ3n) is 8.74.